The van der Waals surface area contributed by atoms with Gasteiger partial charge in [-0.1, -0.05) is 6.07 Å². The average molecular weight is 661 g/mol. The third-order valence-corrected chi connectivity index (χ3v) is 9.80. The van der Waals surface area contributed by atoms with Crippen LogP contribution in [-0.4, -0.2) is 67.3 Å². The fourth-order valence-corrected chi connectivity index (χ4v) is 6.33. The summed E-state index contributed by atoms with van der Waals surface area (Å²) in [5.41, 5.74) is -6.89. The van der Waals surface area contributed by atoms with E-state index in [4.69, 9.17) is 9.47 Å². The fraction of sp³-hybridized carbons (Fsp3) is 0.483. The highest BCUT2D eigenvalue weighted by molar-refractivity contribution is 7.92. The molecule has 1 unspecified atom stereocenters. The van der Waals surface area contributed by atoms with Crippen LogP contribution in [-0.2, 0) is 19.4 Å². The van der Waals surface area contributed by atoms with E-state index in [-0.39, 0.29) is 35.6 Å². The molecule has 2 aliphatic rings. The van der Waals surface area contributed by atoms with Crippen molar-refractivity contribution >= 4 is 33.3 Å². The molecule has 2 aliphatic carbocycles. The molecule has 3 atom stereocenters. The second-order valence-corrected chi connectivity index (χ2v) is 13.3. The zero-order chi connectivity index (χ0) is 33.3. The van der Waals surface area contributed by atoms with Gasteiger partial charge < -0.3 is 30.3 Å². The molecular weight excluding hydrogens is 628 g/mol. The van der Waals surface area contributed by atoms with Gasteiger partial charge in [-0.2, -0.15) is 13.2 Å². The fourth-order valence-electron chi connectivity index (χ4n) is 5.52. The summed E-state index contributed by atoms with van der Waals surface area (Å²) in [5, 5.41) is 24.9. The van der Waals surface area contributed by atoms with Crippen molar-refractivity contribution < 1.29 is 60.0 Å². The van der Waals surface area contributed by atoms with Crippen LogP contribution in [0.3, 0.4) is 0 Å². The topological polar surface area (TPSA) is 168 Å². The normalized spacial score (nSPS) is 25.3. The lowest BCUT2D eigenvalue weighted by molar-refractivity contribution is -0.150. The van der Waals surface area contributed by atoms with Crippen LogP contribution in [0.5, 0.6) is 11.5 Å². The zero-order valence-electron chi connectivity index (χ0n) is 24.2. The van der Waals surface area contributed by atoms with Gasteiger partial charge in [-0.05, 0) is 69.7 Å². The maximum absolute atomic E-state index is 14.9. The lowest BCUT2D eigenvalue weighted by atomic mass is 9.75. The van der Waals surface area contributed by atoms with Gasteiger partial charge in [0.25, 0.3) is 15.7 Å². The van der Waals surface area contributed by atoms with Crippen molar-refractivity contribution in [3.05, 3.63) is 47.8 Å². The van der Waals surface area contributed by atoms with Crippen LogP contribution in [0, 0.1) is 17.2 Å². The number of hydrogen-bond acceptors (Lipinski definition) is 8. The smallest absolute Gasteiger partial charge is 0.496 e. The molecule has 45 heavy (non-hydrogen) atoms. The van der Waals surface area contributed by atoms with Crippen molar-refractivity contribution in [3.63, 3.8) is 0 Å². The minimum absolute atomic E-state index is 0.0738. The first-order chi connectivity index (χ1) is 21.0. The molecule has 0 aliphatic heterocycles. The molecule has 0 aromatic heterocycles. The van der Waals surface area contributed by atoms with Crippen molar-refractivity contribution in [1.82, 2.24) is 5.32 Å². The Hall–Kier alpha value is -3.92. The standard InChI is InChI=1S/C29H32F4N2O9S/c1-28(27(39)40)10-8-16(9-11-28)44-23-13-19(22(43-2)14-20(23)30)26(38)35-24-18(6-7-21(24)36)25(37)34-15-4-3-5-17(12-15)45(41,42)29(31,32)33/h3-5,12-14,16,18,21,24,36H,6-11H2,1-2H3,(H,34,37)(H,35,38)(H,39,40)/t16-,18?,21-,24-,28+/m1/s1. The first-order valence-corrected chi connectivity index (χ1v) is 15.4. The molecule has 2 aromatic carbocycles. The van der Waals surface area contributed by atoms with E-state index in [1.165, 1.54) is 13.2 Å². The van der Waals surface area contributed by atoms with E-state index in [0.717, 1.165) is 24.3 Å². The molecule has 0 heterocycles. The number of benzene rings is 2. The van der Waals surface area contributed by atoms with E-state index < -0.39 is 73.4 Å². The number of anilines is 1. The first kappa shape index (κ1) is 34.0. The van der Waals surface area contributed by atoms with Gasteiger partial charge in [0, 0.05) is 11.8 Å². The lowest BCUT2D eigenvalue weighted by Crippen LogP contribution is -2.47. The molecule has 11 nitrogen and oxygen atoms in total. The molecule has 0 spiro atoms. The second kappa shape index (κ2) is 12.8. The zero-order valence-corrected chi connectivity index (χ0v) is 25.0. The minimum atomic E-state index is -5.67. The number of hydrogen-bond donors (Lipinski definition) is 4. The Morgan fingerprint density at radius 3 is 2.29 bits per heavy atom. The molecule has 4 rings (SSSR count). The van der Waals surface area contributed by atoms with Crippen molar-refractivity contribution in [1.29, 1.82) is 0 Å². The summed E-state index contributed by atoms with van der Waals surface area (Å²) < 4.78 is 88.4. The number of carbonyl (C=O) groups excluding carboxylic acids is 2. The predicted octanol–water partition coefficient (Wildman–Crippen LogP) is 4.05. The van der Waals surface area contributed by atoms with Crippen LogP contribution in [0.25, 0.3) is 0 Å². The molecule has 4 N–H and O–H groups in total. The molecule has 2 amide bonds. The molecule has 0 bridgehead atoms. The summed E-state index contributed by atoms with van der Waals surface area (Å²) in [6.45, 7) is 1.63. The summed E-state index contributed by atoms with van der Waals surface area (Å²) in [5.74, 6) is -4.92. The monoisotopic (exact) mass is 660 g/mol. The molecule has 246 valence electrons. The highest BCUT2D eigenvalue weighted by Gasteiger charge is 2.47. The van der Waals surface area contributed by atoms with E-state index in [1.54, 1.807) is 6.92 Å². The largest absolute Gasteiger partial charge is 0.501 e. The maximum Gasteiger partial charge on any atom is 0.501 e. The number of carboxylic acids is 1. The number of halogens is 4. The lowest BCUT2D eigenvalue weighted by Gasteiger charge is -2.34. The van der Waals surface area contributed by atoms with Crippen molar-refractivity contribution in [2.75, 3.05) is 12.4 Å². The average Bonchev–Trinajstić information content (AvgIpc) is 3.34. The van der Waals surface area contributed by atoms with Gasteiger partial charge in [0.05, 0.1) is 47.2 Å². The van der Waals surface area contributed by atoms with Gasteiger partial charge >= 0.3 is 11.5 Å². The molecule has 2 aromatic rings. The van der Waals surface area contributed by atoms with Crippen LogP contribution in [0.15, 0.2) is 41.3 Å². The van der Waals surface area contributed by atoms with Gasteiger partial charge in [-0.15, -0.1) is 0 Å². The predicted molar refractivity (Wildman–Crippen MR) is 150 cm³/mol. The molecule has 0 radical (unpaired) electrons. The minimum Gasteiger partial charge on any atom is -0.496 e. The van der Waals surface area contributed by atoms with Crippen LogP contribution in [0.1, 0.15) is 55.8 Å². The summed E-state index contributed by atoms with van der Waals surface area (Å²) in [6, 6.07) is 4.46. The quantitative estimate of drug-likeness (QED) is 0.290. The molecule has 16 heteroatoms. The van der Waals surface area contributed by atoms with E-state index in [1.807, 2.05) is 0 Å². The number of amides is 2. The van der Waals surface area contributed by atoms with Crippen LogP contribution >= 0.6 is 0 Å². The number of aliphatic hydroxyl groups excluding tert-OH is 1. The number of carboxylic acid groups (broad SMARTS) is 1. The van der Waals surface area contributed by atoms with Crippen LogP contribution < -0.4 is 20.1 Å². The SMILES string of the molecule is COc1cc(F)c(O[C@H]2CC[C@@](C)(C(=O)O)CC2)cc1C(=O)N[C@@H]1C(C(=O)Nc2cccc(S(=O)(=O)C(F)(F)F)c2)CC[C@H]1O. The third kappa shape index (κ3) is 7.16. The number of sulfone groups is 1. The summed E-state index contributed by atoms with van der Waals surface area (Å²) >= 11 is 0. The molecule has 0 saturated heterocycles. The Morgan fingerprint density at radius 2 is 1.69 bits per heavy atom. The van der Waals surface area contributed by atoms with Gasteiger partial charge in [-0.3, -0.25) is 14.4 Å². The number of nitrogens with one attached hydrogen (secondary N) is 2. The number of aliphatic hydroxyl groups is 1. The van der Waals surface area contributed by atoms with Crippen molar-refractivity contribution in [2.24, 2.45) is 11.3 Å². The number of aliphatic carboxylic acids is 1. The Morgan fingerprint density at radius 1 is 1.02 bits per heavy atom. The molecule has 2 saturated carbocycles. The van der Waals surface area contributed by atoms with Gasteiger partial charge in [-0.25, -0.2) is 12.8 Å². The maximum atomic E-state index is 14.9. The van der Waals surface area contributed by atoms with E-state index in [9.17, 15) is 50.6 Å². The Kier molecular flexibility index (Phi) is 9.68. The summed E-state index contributed by atoms with van der Waals surface area (Å²) in [4.78, 5) is 36.9. The molecular formula is C29H32F4N2O9S. The van der Waals surface area contributed by atoms with Gasteiger partial charge in [0.1, 0.15) is 5.75 Å². The Bertz CT molecular complexity index is 1570. The number of methoxy groups -OCH3 is 1. The van der Waals surface area contributed by atoms with Crippen molar-refractivity contribution in [3.8, 4) is 11.5 Å². The van der Waals surface area contributed by atoms with E-state index in [0.29, 0.717) is 31.7 Å². The Labute approximate surface area is 255 Å². The van der Waals surface area contributed by atoms with Crippen molar-refractivity contribution in [2.45, 2.75) is 74.1 Å². The number of ether oxygens (including phenoxy) is 2. The third-order valence-electron chi connectivity index (χ3n) is 8.32. The molecule has 2 fully saturated rings. The van der Waals surface area contributed by atoms with E-state index >= 15 is 0 Å². The highest BCUT2D eigenvalue weighted by Crippen LogP contribution is 2.39. The number of carbonyl (C=O) groups is 3. The van der Waals surface area contributed by atoms with Crippen LogP contribution in [0.2, 0.25) is 0 Å². The van der Waals surface area contributed by atoms with E-state index in [2.05, 4.69) is 10.6 Å². The second-order valence-electron chi connectivity index (χ2n) is 11.4. The number of alkyl halides is 3. The number of rotatable bonds is 9. The first-order valence-electron chi connectivity index (χ1n) is 14.0. The van der Waals surface area contributed by atoms with Gasteiger partial charge in [0.2, 0.25) is 5.91 Å². The highest BCUT2D eigenvalue weighted by atomic mass is 32.2. The Balaban J connectivity index is 1.49. The van der Waals surface area contributed by atoms with Crippen LogP contribution in [0.4, 0.5) is 23.2 Å². The summed E-state index contributed by atoms with van der Waals surface area (Å²) in [7, 11) is -4.47. The van der Waals surface area contributed by atoms with Gasteiger partial charge in [0.15, 0.2) is 11.6 Å². The summed E-state index contributed by atoms with van der Waals surface area (Å²) in [6.07, 6.45) is -0.257.